The first-order chi connectivity index (χ1) is 8.70. The molecule has 0 aliphatic heterocycles. The maximum Gasteiger partial charge on any atom is 0.147 e. The largest absolute Gasteiger partial charge is 0.317 e. The first-order valence-electron chi connectivity index (χ1n) is 5.69. The summed E-state index contributed by atoms with van der Waals surface area (Å²) < 4.78 is 13.6. The van der Waals surface area contributed by atoms with E-state index in [1.165, 1.54) is 6.07 Å². The number of halogens is 2. The lowest BCUT2D eigenvalue weighted by molar-refractivity contribution is 0.621. The summed E-state index contributed by atoms with van der Waals surface area (Å²) in [6, 6.07) is 4.87. The highest BCUT2D eigenvalue weighted by atomic mass is 79.9. The molecule has 3 nitrogen and oxygen atoms in total. The highest BCUT2D eigenvalue weighted by Crippen LogP contribution is 2.27. The highest BCUT2D eigenvalue weighted by Gasteiger charge is 2.08. The van der Waals surface area contributed by atoms with Gasteiger partial charge in [-0.25, -0.2) is 4.39 Å². The van der Waals surface area contributed by atoms with E-state index < -0.39 is 0 Å². The summed E-state index contributed by atoms with van der Waals surface area (Å²) in [6.07, 6.45) is 0.869. The Morgan fingerprint density at radius 1 is 1.39 bits per heavy atom. The maximum absolute atomic E-state index is 13.1. The lowest BCUT2D eigenvalue weighted by Crippen LogP contribution is -2.15. The molecule has 0 aliphatic rings. The number of benzene rings is 1. The number of hydrogen-bond donors (Lipinski definition) is 1. The van der Waals surface area contributed by atoms with E-state index in [9.17, 15) is 4.39 Å². The lowest BCUT2D eigenvalue weighted by atomic mass is 10.2. The maximum atomic E-state index is 13.1. The van der Waals surface area contributed by atoms with Crippen LogP contribution < -0.4 is 5.32 Å². The molecule has 0 saturated carbocycles. The van der Waals surface area contributed by atoms with Crippen LogP contribution in [0.4, 0.5) is 4.39 Å². The lowest BCUT2D eigenvalue weighted by Gasteiger charge is -1.98. The predicted octanol–water partition coefficient (Wildman–Crippen LogP) is 3.26. The van der Waals surface area contributed by atoms with Gasteiger partial charge < -0.3 is 5.32 Å². The normalized spacial score (nSPS) is 10.8. The van der Waals surface area contributed by atoms with Gasteiger partial charge in [0.05, 0.1) is 4.47 Å². The Balaban J connectivity index is 2.11. The van der Waals surface area contributed by atoms with Crippen molar-refractivity contribution in [1.29, 1.82) is 0 Å². The van der Waals surface area contributed by atoms with Gasteiger partial charge in [0.15, 0.2) is 0 Å². The van der Waals surface area contributed by atoms with E-state index in [0.29, 0.717) is 4.47 Å². The molecule has 0 radical (unpaired) electrons. The van der Waals surface area contributed by atoms with Crippen molar-refractivity contribution in [2.45, 2.75) is 13.3 Å². The van der Waals surface area contributed by atoms with E-state index in [0.717, 1.165) is 35.1 Å². The van der Waals surface area contributed by atoms with Crippen molar-refractivity contribution in [2.75, 3.05) is 13.1 Å². The van der Waals surface area contributed by atoms with Crippen LogP contribution in [0.5, 0.6) is 0 Å². The summed E-state index contributed by atoms with van der Waals surface area (Å²) in [5, 5.41) is 13.3. The Morgan fingerprint density at radius 2 is 2.22 bits per heavy atom. The van der Waals surface area contributed by atoms with Crippen LogP contribution in [-0.4, -0.2) is 23.3 Å². The molecule has 1 aromatic heterocycles. The molecule has 96 valence electrons. The van der Waals surface area contributed by atoms with Crippen molar-refractivity contribution in [3.8, 4) is 10.6 Å². The predicted molar refractivity (Wildman–Crippen MR) is 75.3 cm³/mol. The second kappa shape index (κ2) is 6.36. The van der Waals surface area contributed by atoms with E-state index in [4.69, 9.17) is 0 Å². The van der Waals surface area contributed by atoms with Gasteiger partial charge in [-0.1, -0.05) is 18.3 Å². The van der Waals surface area contributed by atoms with Gasteiger partial charge in [0.1, 0.15) is 15.8 Å². The van der Waals surface area contributed by atoms with Crippen molar-refractivity contribution in [3.05, 3.63) is 33.5 Å². The van der Waals surface area contributed by atoms with Gasteiger partial charge in [-0.15, -0.1) is 10.2 Å². The van der Waals surface area contributed by atoms with Gasteiger partial charge in [0, 0.05) is 18.5 Å². The molecule has 1 N–H and O–H groups in total. The van der Waals surface area contributed by atoms with Crippen LogP contribution in [0.1, 0.15) is 11.9 Å². The fraction of sp³-hybridized carbons (Fsp3) is 0.333. The van der Waals surface area contributed by atoms with Crippen molar-refractivity contribution >= 4 is 27.3 Å². The minimum Gasteiger partial charge on any atom is -0.317 e. The Kier molecular flexibility index (Phi) is 4.79. The molecule has 0 spiro atoms. The number of rotatable bonds is 5. The molecule has 0 saturated heterocycles. The summed E-state index contributed by atoms with van der Waals surface area (Å²) in [6.45, 7) is 3.93. The third kappa shape index (κ3) is 3.34. The van der Waals surface area contributed by atoms with Gasteiger partial charge in [0.25, 0.3) is 0 Å². The van der Waals surface area contributed by atoms with E-state index >= 15 is 0 Å². The molecular formula is C12H13BrFN3S. The van der Waals surface area contributed by atoms with Gasteiger partial charge >= 0.3 is 0 Å². The van der Waals surface area contributed by atoms with Gasteiger partial charge in [-0.2, -0.15) is 0 Å². The van der Waals surface area contributed by atoms with E-state index in [1.807, 2.05) is 0 Å². The van der Waals surface area contributed by atoms with E-state index in [1.54, 1.807) is 23.5 Å². The molecule has 18 heavy (non-hydrogen) atoms. The summed E-state index contributed by atoms with van der Waals surface area (Å²) in [5.41, 5.74) is 0.885. The van der Waals surface area contributed by atoms with Gasteiger partial charge in [0.2, 0.25) is 0 Å². The van der Waals surface area contributed by atoms with Crippen molar-refractivity contribution in [1.82, 2.24) is 15.5 Å². The van der Waals surface area contributed by atoms with Crippen molar-refractivity contribution < 1.29 is 4.39 Å². The average molecular weight is 330 g/mol. The van der Waals surface area contributed by atoms with Crippen LogP contribution in [0, 0.1) is 5.82 Å². The Morgan fingerprint density at radius 3 is 2.94 bits per heavy atom. The topological polar surface area (TPSA) is 37.8 Å². The molecule has 2 rings (SSSR count). The SMILES string of the molecule is CCNCCc1nnc(-c2ccc(F)c(Br)c2)s1. The molecule has 0 fully saturated rings. The van der Waals surface area contributed by atoms with Crippen LogP contribution in [0.2, 0.25) is 0 Å². The standard InChI is InChI=1S/C12H13BrFN3S/c1-2-15-6-5-11-16-17-12(18-11)8-3-4-10(14)9(13)7-8/h3-4,7,15H,2,5-6H2,1H3. The van der Waals surface area contributed by atoms with Crippen molar-refractivity contribution in [3.63, 3.8) is 0 Å². The van der Waals surface area contributed by atoms with Crippen LogP contribution in [0.25, 0.3) is 10.6 Å². The summed E-state index contributed by atoms with van der Waals surface area (Å²) in [5.74, 6) is -0.268. The third-order valence-electron chi connectivity index (χ3n) is 2.40. The average Bonchev–Trinajstić information content (AvgIpc) is 2.82. The van der Waals surface area contributed by atoms with Crippen molar-refractivity contribution in [2.24, 2.45) is 0 Å². The molecule has 2 aromatic rings. The third-order valence-corrected chi connectivity index (χ3v) is 4.04. The molecular weight excluding hydrogens is 317 g/mol. The smallest absolute Gasteiger partial charge is 0.147 e. The van der Waals surface area contributed by atoms with Crippen LogP contribution in [0.15, 0.2) is 22.7 Å². The number of nitrogens with zero attached hydrogens (tertiary/aromatic N) is 2. The second-order valence-electron chi connectivity index (χ2n) is 3.73. The fourth-order valence-electron chi connectivity index (χ4n) is 1.47. The van der Waals surface area contributed by atoms with E-state index in [-0.39, 0.29) is 5.82 Å². The molecule has 0 unspecified atom stereocenters. The number of nitrogens with one attached hydrogen (secondary N) is 1. The minimum atomic E-state index is -0.268. The zero-order valence-electron chi connectivity index (χ0n) is 9.91. The van der Waals surface area contributed by atoms with Crippen LogP contribution in [-0.2, 0) is 6.42 Å². The van der Waals surface area contributed by atoms with E-state index in [2.05, 4.69) is 38.4 Å². The van der Waals surface area contributed by atoms with Crippen LogP contribution in [0.3, 0.4) is 0 Å². The molecule has 0 atom stereocenters. The zero-order valence-corrected chi connectivity index (χ0v) is 12.3. The second-order valence-corrected chi connectivity index (χ2v) is 5.65. The Bertz CT molecular complexity index is 530. The van der Waals surface area contributed by atoms with Gasteiger partial charge in [-0.05, 0) is 40.7 Å². The monoisotopic (exact) mass is 329 g/mol. The minimum absolute atomic E-state index is 0.268. The Labute approximate surface area is 118 Å². The molecule has 0 aliphatic carbocycles. The molecule has 0 bridgehead atoms. The number of likely N-dealkylation sites (N-methyl/N-ethyl adjacent to an activating group) is 1. The molecule has 1 aromatic carbocycles. The molecule has 0 amide bonds. The first kappa shape index (κ1) is 13.6. The number of hydrogen-bond acceptors (Lipinski definition) is 4. The quantitative estimate of drug-likeness (QED) is 0.855. The fourth-order valence-corrected chi connectivity index (χ4v) is 2.69. The first-order valence-corrected chi connectivity index (χ1v) is 7.30. The number of aromatic nitrogens is 2. The zero-order chi connectivity index (χ0) is 13.0. The Hall–Kier alpha value is -0.850. The van der Waals surface area contributed by atoms with Gasteiger partial charge in [-0.3, -0.25) is 0 Å². The van der Waals surface area contributed by atoms with Crippen LogP contribution >= 0.6 is 27.3 Å². The summed E-state index contributed by atoms with van der Waals surface area (Å²) >= 11 is 4.72. The summed E-state index contributed by atoms with van der Waals surface area (Å²) in [4.78, 5) is 0. The molecule has 6 heteroatoms. The highest BCUT2D eigenvalue weighted by molar-refractivity contribution is 9.10. The summed E-state index contributed by atoms with van der Waals surface area (Å²) in [7, 11) is 0. The molecule has 1 heterocycles.